The summed E-state index contributed by atoms with van der Waals surface area (Å²) in [4.78, 5) is 65.7. The Hall–Kier alpha value is -6.32. The molecule has 4 aromatic rings. The first-order valence-electron chi connectivity index (χ1n) is 20.1. The fourth-order valence-corrected chi connectivity index (χ4v) is 7.52. The average molecular weight is 808 g/mol. The number of hydrogen-bond acceptors (Lipinski definition) is 9. The first-order chi connectivity index (χ1) is 28.2. The maximum Gasteiger partial charge on any atom is 0.407 e. The Morgan fingerprint density at radius 2 is 1.56 bits per heavy atom. The van der Waals surface area contributed by atoms with Gasteiger partial charge in [0.05, 0.1) is 0 Å². The first-order valence-corrected chi connectivity index (χ1v) is 20.1. The molecule has 1 aliphatic heterocycles. The van der Waals surface area contributed by atoms with Gasteiger partial charge in [0.2, 0.25) is 17.6 Å². The van der Waals surface area contributed by atoms with Crippen molar-refractivity contribution < 1.29 is 33.8 Å². The molecule has 5 amide bonds. The number of anilines is 1. The highest BCUT2D eigenvalue weighted by Crippen LogP contribution is 2.29. The number of ether oxygens (including phenoxy) is 1. The topological polar surface area (TPSA) is 221 Å². The van der Waals surface area contributed by atoms with Crippen LogP contribution < -0.4 is 21.3 Å². The number of benzene rings is 3. The van der Waals surface area contributed by atoms with E-state index in [1.54, 1.807) is 24.3 Å². The summed E-state index contributed by atoms with van der Waals surface area (Å²) in [6, 6.07) is 19.4. The normalized spacial score (nSPS) is 17.7. The summed E-state index contributed by atoms with van der Waals surface area (Å²) >= 11 is 0. The fraction of sp³-hybridized carbons (Fsp3) is 0.442. The summed E-state index contributed by atoms with van der Waals surface area (Å²) in [6.07, 6.45) is 2.72. The van der Waals surface area contributed by atoms with Crippen LogP contribution in [-0.4, -0.2) is 97.9 Å². The highest BCUT2D eigenvalue weighted by atomic mass is 16.6. The SMILES string of the molecule is Cc1cc(C(=O)NC2CCN(C(=O)O)CC2)cc(-c2ccc(C[C@H](NC(=O)[C@H]3CC[C@H](CNC(=O)OC(C)(C)C)CC3)C(=O)Nc3ccc(-c4nn[nH]n4)cc3)cc2)c1. The molecule has 6 rings (SSSR count). The van der Waals surface area contributed by atoms with Crippen LogP contribution in [0.25, 0.3) is 22.5 Å². The number of likely N-dealkylation sites (tertiary alicyclic amines) is 1. The van der Waals surface area contributed by atoms with Crippen LogP contribution in [0.5, 0.6) is 0 Å². The molecule has 1 saturated carbocycles. The van der Waals surface area contributed by atoms with Gasteiger partial charge in [-0.3, -0.25) is 14.4 Å². The van der Waals surface area contributed by atoms with E-state index in [-0.39, 0.29) is 42.0 Å². The van der Waals surface area contributed by atoms with Crippen LogP contribution >= 0.6 is 0 Å². The lowest BCUT2D eigenvalue weighted by Gasteiger charge is -2.30. The molecule has 1 aromatic heterocycles. The smallest absolute Gasteiger partial charge is 0.407 e. The average Bonchev–Trinajstić information content (AvgIpc) is 3.75. The number of aryl methyl sites for hydroxylation is 1. The molecule has 1 atom stereocenters. The molecule has 0 bridgehead atoms. The Labute approximate surface area is 343 Å². The van der Waals surface area contributed by atoms with Gasteiger partial charge < -0.3 is 36.0 Å². The lowest BCUT2D eigenvalue weighted by Crippen LogP contribution is -2.48. The number of tetrazole rings is 1. The van der Waals surface area contributed by atoms with Gasteiger partial charge in [0.1, 0.15) is 11.6 Å². The minimum Gasteiger partial charge on any atom is -0.465 e. The van der Waals surface area contributed by atoms with Gasteiger partial charge in [-0.2, -0.15) is 5.21 Å². The predicted molar refractivity (Wildman–Crippen MR) is 220 cm³/mol. The number of aromatic nitrogens is 4. The second kappa shape index (κ2) is 19.0. The number of nitrogens with one attached hydrogen (secondary N) is 5. The summed E-state index contributed by atoms with van der Waals surface area (Å²) in [6.45, 7) is 8.61. The van der Waals surface area contributed by atoms with Crippen LogP contribution in [0.15, 0.2) is 66.7 Å². The van der Waals surface area contributed by atoms with Gasteiger partial charge in [-0.1, -0.05) is 30.3 Å². The minimum absolute atomic E-state index is 0.105. The zero-order valence-corrected chi connectivity index (χ0v) is 33.9. The molecule has 6 N–H and O–H groups in total. The molecule has 312 valence electrons. The summed E-state index contributed by atoms with van der Waals surface area (Å²) in [7, 11) is 0. The molecule has 59 heavy (non-hydrogen) atoms. The van der Waals surface area contributed by atoms with Crippen molar-refractivity contribution in [1.29, 1.82) is 0 Å². The van der Waals surface area contributed by atoms with Gasteiger partial charge in [0.15, 0.2) is 0 Å². The summed E-state index contributed by atoms with van der Waals surface area (Å²) in [5.74, 6) is -0.390. The monoisotopic (exact) mass is 807 g/mol. The van der Waals surface area contributed by atoms with Crippen LogP contribution in [0.4, 0.5) is 15.3 Å². The van der Waals surface area contributed by atoms with Crippen molar-refractivity contribution in [3.05, 3.63) is 83.4 Å². The Morgan fingerprint density at radius 1 is 0.881 bits per heavy atom. The zero-order valence-electron chi connectivity index (χ0n) is 33.9. The van der Waals surface area contributed by atoms with E-state index in [0.29, 0.717) is 62.4 Å². The molecular weight excluding hydrogens is 755 g/mol. The molecule has 2 heterocycles. The van der Waals surface area contributed by atoms with Crippen LogP contribution in [0, 0.1) is 18.8 Å². The van der Waals surface area contributed by atoms with Gasteiger partial charge in [-0.05, 0) is 136 Å². The largest absolute Gasteiger partial charge is 0.465 e. The lowest BCUT2D eigenvalue weighted by atomic mass is 9.81. The number of aromatic amines is 1. The third-order valence-electron chi connectivity index (χ3n) is 10.7. The van der Waals surface area contributed by atoms with Crippen molar-refractivity contribution in [2.75, 3.05) is 25.0 Å². The molecule has 1 saturated heterocycles. The zero-order chi connectivity index (χ0) is 42.1. The lowest BCUT2D eigenvalue weighted by molar-refractivity contribution is -0.130. The number of piperidine rings is 1. The van der Waals surface area contributed by atoms with Crippen LogP contribution in [0.1, 0.15) is 80.8 Å². The Bertz CT molecular complexity index is 2080. The third kappa shape index (κ3) is 12.1. The van der Waals surface area contributed by atoms with Crippen LogP contribution in [0.2, 0.25) is 0 Å². The highest BCUT2D eigenvalue weighted by Gasteiger charge is 2.31. The number of alkyl carbamates (subject to hydrolysis) is 1. The highest BCUT2D eigenvalue weighted by molar-refractivity contribution is 5.98. The van der Waals surface area contributed by atoms with Crippen molar-refractivity contribution in [1.82, 2.24) is 41.5 Å². The number of amides is 5. The van der Waals surface area contributed by atoms with Gasteiger partial charge in [0.25, 0.3) is 5.91 Å². The number of carboxylic acid groups (broad SMARTS) is 1. The molecule has 2 fully saturated rings. The first kappa shape index (κ1) is 42.3. The van der Waals surface area contributed by atoms with E-state index in [2.05, 4.69) is 41.9 Å². The van der Waals surface area contributed by atoms with Crippen LogP contribution in [-0.2, 0) is 20.7 Å². The Kier molecular flexibility index (Phi) is 13.6. The molecule has 2 aliphatic rings. The molecule has 3 aromatic carbocycles. The number of rotatable bonds is 12. The number of hydrogen-bond donors (Lipinski definition) is 6. The standard InChI is InChI=1S/C43H53N9O7/c1-26-21-32(24-33(22-26)39(54)45-35-17-19-52(20-18-35)42(57)58)29-9-5-27(6-10-29)23-36(40(55)46-34-15-13-30(14-16-34)37-48-50-51-49-37)47-38(53)31-11-7-28(8-12-31)25-44-41(56)59-43(2,3)4/h5-6,9-10,13-16,21-22,24,28,31,35-36H,7-8,11-12,17-20,23,25H2,1-4H3,(H,44,56)(H,45,54)(H,46,55)(H,47,53)(H,57,58)(H,48,49,50,51)/t28-,31-,36-/m0/s1. The van der Waals surface area contributed by atoms with E-state index in [1.807, 2.05) is 70.2 Å². The fourth-order valence-electron chi connectivity index (χ4n) is 7.52. The Morgan fingerprint density at radius 3 is 2.19 bits per heavy atom. The van der Waals surface area contributed by atoms with Crippen molar-refractivity contribution in [3.8, 4) is 22.5 Å². The molecule has 0 radical (unpaired) electrons. The second-order valence-electron chi connectivity index (χ2n) is 16.5. The van der Waals surface area contributed by atoms with Crippen molar-refractivity contribution in [2.24, 2.45) is 11.8 Å². The quantitative estimate of drug-likeness (QED) is 0.102. The van der Waals surface area contributed by atoms with E-state index >= 15 is 0 Å². The van der Waals surface area contributed by atoms with Crippen molar-refractivity contribution >= 4 is 35.6 Å². The van der Waals surface area contributed by atoms with E-state index < -0.39 is 23.8 Å². The minimum atomic E-state index is -0.946. The van der Waals surface area contributed by atoms with E-state index in [1.165, 1.54) is 4.90 Å². The Balaban J connectivity index is 1.11. The van der Waals surface area contributed by atoms with Crippen LogP contribution in [0.3, 0.4) is 0 Å². The molecular formula is C43H53N9O7. The van der Waals surface area contributed by atoms with Gasteiger partial charge in [-0.15, -0.1) is 10.2 Å². The summed E-state index contributed by atoms with van der Waals surface area (Å²) < 4.78 is 5.36. The molecule has 16 nitrogen and oxygen atoms in total. The van der Waals surface area contributed by atoms with E-state index in [9.17, 15) is 29.1 Å². The maximum atomic E-state index is 13.9. The van der Waals surface area contributed by atoms with Gasteiger partial charge >= 0.3 is 12.2 Å². The van der Waals surface area contributed by atoms with E-state index in [0.717, 1.165) is 40.7 Å². The molecule has 1 aliphatic carbocycles. The van der Waals surface area contributed by atoms with Gasteiger partial charge in [-0.25, -0.2) is 9.59 Å². The summed E-state index contributed by atoms with van der Waals surface area (Å²) in [5, 5.41) is 35.2. The number of carbonyl (C=O) groups excluding carboxylic acids is 4. The number of H-pyrrole nitrogens is 1. The van der Waals surface area contributed by atoms with E-state index in [4.69, 9.17) is 4.74 Å². The molecule has 0 unspecified atom stereocenters. The molecule has 0 spiro atoms. The number of carbonyl (C=O) groups is 5. The van der Waals surface area contributed by atoms with Crippen molar-refractivity contribution in [2.45, 2.75) is 90.3 Å². The number of nitrogens with zero attached hydrogens (tertiary/aromatic N) is 4. The van der Waals surface area contributed by atoms with Gasteiger partial charge in [0, 0.05) is 54.8 Å². The summed E-state index contributed by atoms with van der Waals surface area (Å²) in [5.41, 5.74) is 4.67. The van der Waals surface area contributed by atoms with Crippen molar-refractivity contribution in [3.63, 3.8) is 0 Å². The predicted octanol–water partition coefficient (Wildman–Crippen LogP) is 5.71. The maximum absolute atomic E-state index is 13.9. The third-order valence-corrected chi connectivity index (χ3v) is 10.7. The molecule has 16 heteroatoms. The second-order valence-corrected chi connectivity index (χ2v) is 16.5.